The molecule has 2 N–H and O–H groups in total. The predicted molar refractivity (Wildman–Crippen MR) is 106 cm³/mol. The molecule has 0 saturated carbocycles. The van der Waals surface area contributed by atoms with Crippen molar-refractivity contribution in [2.24, 2.45) is 5.92 Å². The van der Waals surface area contributed by atoms with Crippen LogP contribution in [0.3, 0.4) is 0 Å². The number of phenolic OH excluding ortho intramolecular Hbond substituents is 2. The van der Waals surface area contributed by atoms with Gasteiger partial charge in [0.1, 0.15) is 11.7 Å². The fourth-order valence-electron chi connectivity index (χ4n) is 4.00. The van der Waals surface area contributed by atoms with E-state index in [0.29, 0.717) is 23.9 Å². The van der Waals surface area contributed by atoms with Gasteiger partial charge in [-0.1, -0.05) is 17.0 Å². The van der Waals surface area contributed by atoms with Crippen LogP contribution >= 0.6 is 0 Å². The molecule has 2 aliphatic heterocycles. The summed E-state index contributed by atoms with van der Waals surface area (Å²) < 4.78 is 22.4. The summed E-state index contributed by atoms with van der Waals surface area (Å²) in [5, 5.41) is 19.7. The highest BCUT2D eigenvalue weighted by molar-refractivity contribution is 5.59. The minimum atomic E-state index is -0.783. The lowest BCUT2D eigenvalue weighted by Crippen LogP contribution is -2.35. The Bertz CT molecular complexity index is 1010. The molecule has 0 aromatic heterocycles. The van der Waals surface area contributed by atoms with E-state index < -0.39 is 11.6 Å². The molecule has 2 saturated heterocycles. The number of benzene rings is 2. The Labute approximate surface area is 168 Å². The molecule has 3 unspecified atom stereocenters. The summed E-state index contributed by atoms with van der Waals surface area (Å²) in [6.07, 6.45) is 1.44. The van der Waals surface area contributed by atoms with Crippen LogP contribution in [0.5, 0.6) is 23.0 Å². The number of hydrogen-bond acceptors (Lipinski definition) is 6. The van der Waals surface area contributed by atoms with E-state index in [9.17, 15) is 10.2 Å². The number of methoxy groups -OCH3 is 2. The van der Waals surface area contributed by atoms with Gasteiger partial charge in [0.2, 0.25) is 0 Å². The van der Waals surface area contributed by atoms with Crippen molar-refractivity contribution in [2.45, 2.75) is 11.6 Å². The topological polar surface area (TPSA) is 81.7 Å². The summed E-state index contributed by atoms with van der Waals surface area (Å²) in [4.78, 5) is 4.20. The third-order valence-corrected chi connectivity index (χ3v) is 5.56. The van der Waals surface area contributed by atoms with Crippen molar-refractivity contribution in [3.63, 3.8) is 0 Å². The van der Waals surface area contributed by atoms with Crippen LogP contribution in [0.25, 0.3) is 10.9 Å². The Morgan fingerprint density at radius 2 is 1.79 bits per heavy atom. The molecule has 7 heteroatoms. The average molecular weight is 396 g/mol. The quantitative estimate of drug-likeness (QED) is 0.822. The van der Waals surface area contributed by atoms with Gasteiger partial charge in [-0.25, -0.2) is 0 Å². The first-order valence-electron chi connectivity index (χ1n) is 9.14. The standard InChI is InChI=1S/C22H21NO6/c1-23-22-12-29-18(8-13-4-6-16(24)19(9-13)26-2)15(22)11-28-21(22)14-5-7-17(25)20(10-14)27-3/h1,4-10,15,21H,11-12H2,2-3H3,(H-,24,25)/p+1. The third kappa shape index (κ3) is 3.02. The van der Waals surface area contributed by atoms with Gasteiger partial charge >= 0.3 is 5.54 Å². The monoisotopic (exact) mass is 396 g/mol. The van der Waals surface area contributed by atoms with Crippen LogP contribution in [0.1, 0.15) is 17.2 Å². The molecule has 2 fully saturated rings. The van der Waals surface area contributed by atoms with E-state index in [-0.39, 0.29) is 24.0 Å². The molecule has 2 aromatic rings. The van der Waals surface area contributed by atoms with E-state index >= 15 is 0 Å². The Kier molecular flexibility index (Phi) is 4.73. The summed E-state index contributed by atoms with van der Waals surface area (Å²) in [7, 11) is 2.99. The Morgan fingerprint density at radius 3 is 2.48 bits per heavy atom. The van der Waals surface area contributed by atoms with Crippen molar-refractivity contribution in [3.8, 4) is 29.6 Å². The number of nitrogens with zero attached hydrogens (tertiary/aromatic N) is 1. The second-order valence-electron chi connectivity index (χ2n) is 7.08. The summed E-state index contributed by atoms with van der Waals surface area (Å²) in [5.74, 6) is 1.39. The van der Waals surface area contributed by atoms with Gasteiger partial charge in [-0.15, -0.1) is 0 Å². The molecule has 2 aromatic carbocycles. The van der Waals surface area contributed by atoms with Gasteiger partial charge in [0.05, 0.1) is 20.8 Å². The number of phenols is 2. The summed E-state index contributed by atoms with van der Waals surface area (Å²) in [5.41, 5.74) is 0.833. The number of rotatable bonds is 4. The molecule has 2 heterocycles. The zero-order valence-corrected chi connectivity index (χ0v) is 16.2. The third-order valence-electron chi connectivity index (χ3n) is 5.56. The highest BCUT2D eigenvalue weighted by atomic mass is 16.5. The van der Waals surface area contributed by atoms with Crippen molar-refractivity contribution in [2.75, 3.05) is 27.4 Å². The van der Waals surface area contributed by atoms with Crippen molar-refractivity contribution in [3.05, 3.63) is 58.1 Å². The first-order chi connectivity index (χ1) is 14.0. The lowest BCUT2D eigenvalue weighted by atomic mass is 9.81. The van der Waals surface area contributed by atoms with Gasteiger partial charge in [-0.2, -0.15) is 0 Å². The van der Waals surface area contributed by atoms with Crippen molar-refractivity contribution in [1.29, 1.82) is 0 Å². The van der Waals surface area contributed by atoms with Gasteiger partial charge in [0, 0.05) is 0 Å². The summed E-state index contributed by atoms with van der Waals surface area (Å²) in [6.45, 7) is 6.51. The van der Waals surface area contributed by atoms with Crippen LogP contribution in [0.15, 0.2) is 42.2 Å². The van der Waals surface area contributed by atoms with Crippen LogP contribution in [0.4, 0.5) is 0 Å². The molecule has 7 nitrogen and oxygen atoms in total. The van der Waals surface area contributed by atoms with E-state index in [2.05, 4.69) is 4.85 Å². The molecule has 3 atom stereocenters. The molecule has 0 amide bonds. The van der Waals surface area contributed by atoms with Gasteiger partial charge in [-0.3, -0.25) is 0 Å². The zero-order chi connectivity index (χ0) is 20.6. The highest BCUT2D eigenvalue weighted by Crippen LogP contribution is 2.53. The zero-order valence-electron chi connectivity index (χ0n) is 16.2. The van der Waals surface area contributed by atoms with Gasteiger partial charge in [-0.05, 0) is 41.5 Å². The normalized spacial score (nSPS) is 26.6. The fourth-order valence-corrected chi connectivity index (χ4v) is 4.00. The lowest BCUT2D eigenvalue weighted by Gasteiger charge is -2.17. The number of hydrogen-bond donors (Lipinski definition) is 2. The highest BCUT2D eigenvalue weighted by Gasteiger charge is 2.68. The molecule has 4 rings (SSSR count). The van der Waals surface area contributed by atoms with Gasteiger partial charge in [0.25, 0.3) is 6.57 Å². The number of fused-ring (bicyclic) bond motifs is 1. The van der Waals surface area contributed by atoms with Gasteiger partial charge < -0.3 is 29.2 Å². The van der Waals surface area contributed by atoms with Crippen LogP contribution in [0, 0.1) is 12.5 Å². The first kappa shape index (κ1) is 19.0. The molecular formula is C22H22NO6+. The second-order valence-corrected chi connectivity index (χ2v) is 7.08. The van der Waals surface area contributed by atoms with Crippen molar-refractivity contribution < 1.29 is 29.2 Å². The minimum Gasteiger partial charge on any atom is -0.504 e. The molecule has 0 spiro atoms. The van der Waals surface area contributed by atoms with Crippen LogP contribution in [0.2, 0.25) is 0 Å². The Balaban J connectivity index is 1.68. The van der Waals surface area contributed by atoms with Crippen LogP contribution in [-0.2, 0) is 9.47 Å². The fraction of sp³-hybridized carbons (Fsp3) is 0.318. The van der Waals surface area contributed by atoms with Crippen LogP contribution < -0.4 is 9.47 Å². The average Bonchev–Trinajstić information content (AvgIpc) is 3.28. The molecule has 150 valence electrons. The first-order valence-corrected chi connectivity index (χ1v) is 9.14. The SMILES string of the molecule is C#[N+]C12COC(=Cc3ccc(O)c(OC)c3)C1COC2c1ccc(O)c(OC)c1. The van der Waals surface area contributed by atoms with E-state index in [4.69, 9.17) is 25.5 Å². The number of aromatic hydroxyl groups is 2. The second kappa shape index (κ2) is 7.22. The molecule has 29 heavy (non-hydrogen) atoms. The van der Waals surface area contributed by atoms with E-state index in [1.54, 1.807) is 36.4 Å². The van der Waals surface area contributed by atoms with Crippen LogP contribution in [-0.4, -0.2) is 43.2 Å². The maximum absolute atomic E-state index is 9.88. The lowest BCUT2D eigenvalue weighted by molar-refractivity contribution is 0.0631. The maximum atomic E-state index is 9.88. The van der Waals surface area contributed by atoms with Crippen molar-refractivity contribution in [1.82, 2.24) is 0 Å². The van der Waals surface area contributed by atoms with E-state index in [1.165, 1.54) is 14.2 Å². The Morgan fingerprint density at radius 1 is 1.10 bits per heavy atom. The largest absolute Gasteiger partial charge is 0.504 e. The minimum absolute atomic E-state index is 0.0501. The predicted octanol–water partition coefficient (Wildman–Crippen LogP) is 3.58. The Hall–Kier alpha value is -3.37. The summed E-state index contributed by atoms with van der Waals surface area (Å²) in [6, 6.07) is 10.1. The summed E-state index contributed by atoms with van der Waals surface area (Å²) >= 11 is 0. The van der Waals surface area contributed by atoms with E-state index in [0.717, 1.165) is 11.1 Å². The van der Waals surface area contributed by atoms with Gasteiger partial charge in [0.15, 0.2) is 35.7 Å². The smallest absolute Gasteiger partial charge is 0.355 e. The molecule has 0 aliphatic carbocycles. The molecule has 2 aliphatic rings. The number of ether oxygens (including phenoxy) is 4. The molecule has 0 radical (unpaired) electrons. The van der Waals surface area contributed by atoms with E-state index in [1.807, 2.05) is 6.08 Å². The molecular weight excluding hydrogens is 374 g/mol. The maximum Gasteiger partial charge on any atom is 0.355 e. The molecule has 0 bridgehead atoms. The van der Waals surface area contributed by atoms with Crippen molar-refractivity contribution >= 4 is 6.08 Å².